The molecular formula is C12H13F3N2O. The van der Waals surface area contributed by atoms with E-state index in [4.69, 9.17) is 10.4 Å². The van der Waals surface area contributed by atoms with Crippen LogP contribution in [0.25, 0.3) is 0 Å². The summed E-state index contributed by atoms with van der Waals surface area (Å²) in [6, 6.07) is 5.45. The van der Waals surface area contributed by atoms with Crippen molar-refractivity contribution in [1.82, 2.24) is 4.90 Å². The summed E-state index contributed by atoms with van der Waals surface area (Å²) in [6.45, 7) is -0.598. The summed E-state index contributed by atoms with van der Waals surface area (Å²) in [6.07, 6.45) is -2.53. The molecule has 0 atom stereocenters. The van der Waals surface area contributed by atoms with E-state index in [1.54, 1.807) is 0 Å². The minimum Gasteiger partial charge on any atom is -0.395 e. The third-order valence-corrected chi connectivity index (χ3v) is 2.40. The smallest absolute Gasteiger partial charge is 0.251 e. The molecule has 0 fully saturated rings. The number of hydrogen-bond donors (Lipinski definition) is 1. The van der Waals surface area contributed by atoms with E-state index in [9.17, 15) is 13.2 Å². The molecule has 3 nitrogen and oxygen atoms in total. The van der Waals surface area contributed by atoms with Gasteiger partial charge in [0, 0.05) is 13.1 Å². The van der Waals surface area contributed by atoms with Crippen LogP contribution in [0, 0.1) is 17.1 Å². The zero-order chi connectivity index (χ0) is 13.5. The number of aliphatic hydroxyl groups is 1. The fraction of sp³-hybridized carbons (Fsp3) is 0.417. The van der Waals surface area contributed by atoms with Crippen LogP contribution >= 0.6 is 0 Å². The number of halogens is 3. The number of nitriles is 1. The number of hydrogen-bond acceptors (Lipinski definition) is 3. The first-order valence-electron chi connectivity index (χ1n) is 5.36. The van der Waals surface area contributed by atoms with Crippen molar-refractivity contribution in [3.05, 3.63) is 35.1 Å². The Kier molecular flexibility index (Phi) is 5.62. The Bertz CT molecular complexity index is 432. The van der Waals surface area contributed by atoms with Gasteiger partial charge in [0.2, 0.25) is 0 Å². The third-order valence-electron chi connectivity index (χ3n) is 2.40. The molecule has 0 bridgehead atoms. The molecule has 1 aromatic carbocycles. The van der Waals surface area contributed by atoms with Crippen molar-refractivity contribution in [3.63, 3.8) is 0 Å². The molecule has 0 aliphatic rings. The van der Waals surface area contributed by atoms with E-state index in [1.807, 2.05) is 6.07 Å². The summed E-state index contributed by atoms with van der Waals surface area (Å²) in [5.41, 5.74) is 0.584. The molecule has 0 aliphatic heterocycles. The number of benzene rings is 1. The van der Waals surface area contributed by atoms with Crippen molar-refractivity contribution in [3.8, 4) is 6.07 Å². The Balaban J connectivity index is 2.83. The van der Waals surface area contributed by atoms with E-state index in [-0.39, 0.29) is 25.3 Å². The van der Waals surface area contributed by atoms with Gasteiger partial charge >= 0.3 is 0 Å². The highest BCUT2D eigenvalue weighted by atomic mass is 19.3. The van der Waals surface area contributed by atoms with Gasteiger partial charge in [0.05, 0.1) is 24.8 Å². The van der Waals surface area contributed by atoms with E-state index >= 15 is 0 Å². The zero-order valence-electron chi connectivity index (χ0n) is 9.61. The fourth-order valence-corrected chi connectivity index (χ4v) is 1.60. The summed E-state index contributed by atoms with van der Waals surface area (Å²) in [5, 5.41) is 17.6. The average molecular weight is 258 g/mol. The fourth-order valence-electron chi connectivity index (χ4n) is 1.60. The molecule has 0 amide bonds. The summed E-state index contributed by atoms with van der Waals surface area (Å²) in [7, 11) is 0. The minimum atomic E-state index is -2.53. The Morgan fingerprint density at radius 3 is 2.67 bits per heavy atom. The highest BCUT2D eigenvalue weighted by Crippen LogP contribution is 2.13. The third kappa shape index (κ3) is 4.35. The van der Waals surface area contributed by atoms with Crippen LogP contribution in [0.15, 0.2) is 18.2 Å². The lowest BCUT2D eigenvalue weighted by Gasteiger charge is -2.21. The van der Waals surface area contributed by atoms with Gasteiger partial charge in [-0.2, -0.15) is 5.26 Å². The summed E-state index contributed by atoms with van der Waals surface area (Å²) in [5.74, 6) is -0.544. The van der Waals surface area contributed by atoms with Gasteiger partial charge < -0.3 is 5.11 Å². The van der Waals surface area contributed by atoms with Gasteiger partial charge in [-0.1, -0.05) is 6.07 Å². The lowest BCUT2D eigenvalue weighted by atomic mass is 10.1. The monoisotopic (exact) mass is 258 g/mol. The molecule has 0 aliphatic carbocycles. The number of alkyl halides is 2. The zero-order valence-corrected chi connectivity index (χ0v) is 9.61. The molecule has 0 spiro atoms. The molecule has 0 saturated carbocycles. The predicted molar refractivity (Wildman–Crippen MR) is 59.5 cm³/mol. The predicted octanol–water partition coefficient (Wildman–Crippen LogP) is 1.76. The molecule has 0 heterocycles. The molecule has 1 N–H and O–H groups in total. The van der Waals surface area contributed by atoms with Crippen molar-refractivity contribution < 1.29 is 18.3 Å². The normalized spacial score (nSPS) is 10.9. The summed E-state index contributed by atoms with van der Waals surface area (Å²) in [4.78, 5) is 1.32. The van der Waals surface area contributed by atoms with Crippen LogP contribution in [-0.4, -0.2) is 36.1 Å². The first kappa shape index (κ1) is 14.5. The first-order valence-corrected chi connectivity index (χ1v) is 5.36. The second kappa shape index (κ2) is 6.99. The number of rotatable bonds is 6. The maximum atomic E-state index is 12.9. The van der Waals surface area contributed by atoms with E-state index in [0.29, 0.717) is 5.56 Å². The average Bonchev–Trinajstić information content (AvgIpc) is 2.31. The molecule has 0 radical (unpaired) electrons. The molecular weight excluding hydrogens is 245 g/mol. The topological polar surface area (TPSA) is 47.3 Å². The SMILES string of the molecule is N#Cc1cc(F)ccc1CN(CCO)CC(F)F. The molecule has 0 saturated heterocycles. The van der Waals surface area contributed by atoms with E-state index in [0.717, 1.165) is 6.07 Å². The van der Waals surface area contributed by atoms with Gasteiger partial charge in [-0.3, -0.25) is 4.90 Å². The lowest BCUT2D eigenvalue weighted by Crippen LogP contribution is -2.31. The van der Waals surface area contributed by atoms with Gasteiger partial charge in [0.25, 0.3) is 6.43 Å². The van der Waals surface area contributed by atoms with Crippen LogP contribution in [0.2, 0.25) is 0 Å². The van der Waals surface area contributed by atoms with Crippen molar-refractivity contribution in [2.75, 3.05) is 19.7 Å². The van der Waals surface area contributed by atoms with Crippen molar-refractivity contribution >= 4 is 0 Å². The largest absolute Gasteiger partial charge is 0.395 e. The Labute approximate surface area is 103 Å². The Hall–Kier alpha value is -1.58. The highest BCUT2D eigenvalue weighted by molar-refractivity contribution is 5.37. The molecule has 6 heteroatoms. The maximum Gasteiger partial charge on any atom is 0.251 e. The quantitative estimate of drug-likeness (QED) is 0.845. The van der Waals surface area contributed by atoms with Crippen LogP contribution in [0.5, 0.6) is 0 Å². The van der Waals surface area contributed by atoms with Gasteiger partial charge in [0.1, 0.15) is 5.82 Å². The van der Waals surface area contributed by atoms with E-state index < -0.39 is 18.8 Å². The summed E-state index contributed by atoms with van der Waals surface area (Å²) < 4.78 is 37.5. The minimum absolute atomic E-state index is 0.0760. The van der Waals surface area contributed by atoms with Crippen LogP contribution < -0.4 is 0 Å². The van der Waals surface area contributed by atoms with Crippen molar-refractivity contribution in [2.45, 2.75) is 13.0 Å². The molecule has 0 unspecified atom stereocenters. The lowest BCUT2D eigenvalue weighted by molar-refractivity contribution is 0.0746. The molecule has 0 aromatic heterocycles. The van der Waals surface area contributed by atoms with Crippen LogP contribution in [0.1, 0.15) is 11.1 Å². The van der Waals surface area contributed by atoms with Crippen LogP contribution in [-0.2, 0) is 6.54 Å². The van der Waals surface area contributed by atoms with E-state index in [1.165, 1.54) is 17.0 Å². The van der Waals surface area contributed by atoms with Gasteiger partial charge in [-0.05, 0) is 17.7 Å². The van der Waals surface area contributed by atoms with E-state index in [2.05, 4.69) is 0 Å². The van der Waals surface area contributed by atoms with Gasteiger partial charge in [-0.15, -0.1) is 0 Å². The highest BCUT2D eigenvalue weighted by Gasteiger charge is 2.14. The second-order valence-electron chi connectivity index (χ2n) is 3.76. The van der Waals surface area contributed by atoms with Crippen molar-refractivity contribution in [2.24, 2.45) is 0 Å². The second-order valence-corrected chi connectivity index (χ2v) is 3.76. The van der Waals surface area contributed by atoms with Crippen LogP contribution in [0.4, 0.5) is 13.2 Å². The maximum absolute atomic E-state index is 12.9. The molecule has 1 aromatic rings. The Morgan fingerprint density at radius 2 is 2.11 bits per heavy atom. The molecule has 18 heavy (non-hydrogen) atoms. The standard InChI is InChI=1S/C12H13F3N2O/c13-11-2-1-9(10(5-11)6-16)7-17(3-4-18)8-12(14)15/h1-2,5,12,18H,3-4,7-8H2. The molecule has 98 valence electrons. The number of aliphatic hydroxyl groups excluding tert-OH is 1. The van der Waals surface area contributed by atoms with Gasteiger partial charge in [-0.25, -0.2) is 13.2 Å². The summed E-state index contributed by atoms with van der Waals surface area (Å²) >= 11 is 0. The van der Waals surface area contributed by atoms with Crippen molar-refractivity contribution in [1.29, 1.82) is 5.26 Å². The van der Waals surface area contributed by atoms with Gasteiger partial charge in [0.15, 0.2) is 0 Å². The first-order chi connectivity index (χ1) is 8.56. The molecule has 1 rings (SSSR count). The number of nitrogens with zero attached hydrogens (tertiary/aromatic N) is 2. The Morgan fingerprint density at radius 1 is 1.39 bits per heavy atom. The van der Waals surface area contributed by atoms with Crippen LogP contribution in [0.3, 0.4) is 0 Å².